The van der Waals surface area contributed by atoms with Crippen LogP contribution in [0.15, 0.2) is 158 Å². The number of amides is 4. The van der Waals surface area contributed by atoms with E-state index in [0.717, 1.165) is 22.3 Å². The number of nitrogens with one attached hydrogen (secondary N) is 8. The van der Waals surface area contributed by atoms with Crippen LogP contribution in [0.4, 0.5) is 0 Å². The van der Waals surface area contributed by atoms with Crippen LogP contribution in [0, 0.1) is 10.8 Å². The van der Waals surface area contributed by atoms with Gasteiger partial charge in [-0.2, -0.15) is 0 Å². The molecule has 0 saturated carbocycles. The van der Waals surface area contributed by atoms with Crippen LogP contribution in [0.5, 0.6) is 0 Å². The molecule has 0 radical (unpaired) electrons. The van der Waals surface area contributed by atoms with Crippen molar-refractivity contribution < 1.29 is 19.2 Å². The Balaban J connectivity index is 0.000000236. The molecule has 432 valence electrons. The molecule has 8 rings (SSSR count). The van der Waals surface area contributed by atoms with E-state index in [9.17, 15) is 19.2 Å². The van der Waals surface area contributed by atoms with Gasteiger partial charge in [0.05, 0.1) is 33.3 Å². The van der Waals surface area contributed by atoms with Crippen molar-refractivity contribution in [2.75, 3.05) is 52.4 Å². The maximum atomic E-state index is 13.9. The Morgan fingerprint density at radius 2 is 0.890 bits per heavy atom. The van der Waals surface area contributed by atoms with E-state index in [0.29, 0.717) is 117 Å². The summed E-state index contributed by atoms with van der Waals surface area (Å²) in [6.07, 6.45) is 3.74. The number of hydrogen-bond donors (Lipinski definition) is 10. The first-order valence-electron chi connectivity index (χ1n) is 27.5. The number of nitrogens with two attached hydrogens (primary N) is 2. The van der Waals surface area contributed by atoms with E-state index in [1.54, 1.807) is 36.4 Å². The molecule has 2 heterocycles. The molecule has 12 N–H and O–H groups in total. The summed E-state index contributed by atoms with van der Waals surface area (Å²) in [5, 5.41) is 34.8. The van der Waals surface area contributed by atoms with E-state index in [-0.39, 0.29) is 64.5 Å². The number of benzene rings is 6. The fraction of sp³-hybridized carbons (Fsp3) is 0.323. The van der Waals surface area contributed by atoms with Crippen molar-refractivity contribution in [3.05, 3.63) is 211 Å². The number of carbonyl (C=O) groups excluding carboxylic acids is 4. The van der Waals surface area contributed by atoms with Gasteiger partial charge in [-0.05, 0) is 97.2 Å². The average Bonchev–Trinajstić information content (AvgIpc) is 3.74. The average molecular weight is 1190 g/mol. The van der Waals surface area contributed by atoms with Crippen molar-refractivity contribution in [3.8, 4) is 0 Å². The van der Waals surface area contributed by atoms with Crippen molar-refractivity contribution in [2.24, 2.45) is 11.5 Å². The smallest absolute Gasteiger partial charge is 0.252 e. The Morgan fingerprint density at radius 1 is 0.512 bits per heavy atom. The van der Waals surface area contributed by atoms with Crippen molar-refractivity contribution >= 4 is 82.0 Å². The molecular formula is C62H72Cl4N12O4. The minimum absolute atomic E-state index is 0.0163. The highest BCUT2D eigenvalue weighted by Crippen LogP contribution is 2.30. The SMILES string of the molecule is N=C(N)NCCC[C@@H]1N[C@H](CNC(=O)c2cc(Cl)ccc2Cl)CCN(CC(c2ccccc2)c2ccccc2)C1=O.N=C(N)NCCC[C@@H]1N[C@H](CNC(=O)c2ccc(Cl)cc2Cl)CCN(CC(c2ccccc2)c2ccccc2)C1=O. The van der Waals surface area contributed by atoms with Gasteiger partial charge in [0.25, 0.3) is 11.8 Å². The first-order chi connectivity index (χ1) is 39.6. The van der Waals surface area contributed by atoms with Gasteiger partial charge in [-0.25, -0.2) is 0 Å². The molecule has 6 aromatic carbocycles. The summed E-state index contributed by atoms with van der Waals surface area (Å²) >= 11 is 24.5. The molecule has 0 spiro atoms. The number of carbonyl (C=O) groups is 4. The number of nitrogens with zero attached hydrogens (tertiary/aromatic N) is 2. The molecule has 2 aliphatic rings. The largest absolute Gasteiger partial charge is 0.370 e. The van der Waals surface area contributed by atoms with Crippen LogP contribution in [0.3, 0.4) is 0 Å². The van der Waals surface area contributed by atoms with Crippen molar-refractivity contribution in [1.82, 2.24) is 41.7 Å². The summed E-state index contributed by atoms with van der Waals surface area (Å²) in [5.74, 6) is -0.719. The lowest BCUT2D eigenvalue weighted by Gasteiger charge is -2.29. The van der Waals surface area contributed by atoms with Gasteiger partial charge in [-0.3, -0.25) is 30.0 Å². The quantitative estimate of drug-likeness (QED) is 0.0176. The Bertz CT molecular complexity index is 2980. The molecule has 2 fully saturated rings. The van der Waals surface area contributed by atoms with Gasteiger partial charge in [-0.15, -0.1) is 0 Å². The van der Waals surface area contributed by atoms with Crippen molar-refractivity contribution in [3.63, 3.8) is 0 Å². The molecule has 16 nitrogen and oxygen atoms in total. The lowest BCUT2D eigenvalue weighted by molar-refractivity contribution is -0.133. The van der Waals surface area contributed by atoms with Gasteiger partial charge in [0.15, 0.2) is 11.9 Å². The third kappa shape index (κ3) is 18.9. The van der Waals surface area contributed by atoms with Gasteiger partial charge in [-0.1, -0.05) is 168 Å². The summed E-state index contributed by atoms with van der Waals surface area (Å²) in [6, 6.07) is 49.3. The fourth-order valence-electron chi connectivity index (χ4n) is 10.3. The van der Waals surface area contributed by atoms with Gasteiger partial charge in [0, 0.05) is 86.3 Å². The lowest BCUT2D eigenvalue weighted by Crippen LogP contribution is -2.49. The predicted molar refractivity (Wildman–Crippen MR) is 329 cm³/mol. The summed E-state index contributed by atoms with van der Waals surface area (Å²) < 4.78 is 0. The van der Waals surface area contributed by atoms with Crippen molar-refractivity contribution in [2.45, 2.75) is 74.5 Å². The Morgan fingerprint density at radius 3 is 1.28 bits per heavy atom. The Labute approximate surface area is 500 Å². The highest BCUT2D eigenvalue weighted by Gasteiger charge is 2.35. The van der Waals surface area contributed by atoms with E-state index < -0.39 is 12.1 Å². The maximum Gasteiger partial charge on any atom is 0.252 e. The number of hydrogen-bond acceptors (Lipinski definition) is 8. The zero-order valence-electron chi connectivity index (χ0n) is 45.6. The Kier molecular flexibility index (Phi) is 24.3. The number of halogens is 4. The summed E-state index contributed by atoms with van der Waals surface area (Å²) in [4.78, 5) is 57.5. The third-order valence-corrected chi connectivity index (χ3v) is 15.7. The molecule has 0 unspecified atom stereocenters. The van der Waals surface area contributed by atoms with Crippen LogP contribution in [-0.4, -0.2) is 122 Å². The maximum absolute atomic E-state index is 13.9. The molecular weight excluding hydrogens is 1120 g/mol. The first kappa shape index (κ1) is 62.4. The topological polar surface area (TPSA) is 247 Å². The van der Waals surface area contributed by atoms with Crippen LogP contribution in [0.1, 0.15) is 93.3 Å². The normalized spacial score (nSPS) is 17.2. The van der Waals surface area contributed by atoms with Gasteiger partial charge in [0.1, 0.15) is 0 Å². The molecule has 0 aromatic heterocycles. The molecule has 20 heteroatoms. The molecule has 4 amide bonds. The van der Waals surface area contributed by atoms with Crippen LogP contribution in [0.25, 0.3) is 0 Å². The van der Waals surface area contributed by atoms with Crippen LogP contribution < -0.4 is 43.4 Å². The summed E-state index contributed by atoms with van der Waals surface area (Å²) in [6.45, 7) is 3.81. The van der Waals surface area contributed by atoms with Crippen LogP contribution >= 0.6 is 46.4 Å². The van der Waals surface area contributed by atoms with Crippen molar-refractivity contribution in [1.29, 1.82) is 10.8 Å². The number of rotatable bonds is 22. The first-order valence-corrected chi connectivity index (χ1v) is 29.1. The summed E-state index contributed by atoms with van der Waals surface area (Å²) in [5.41, 5.74) is 16.1. The minimum atomic E-state index is -0.449. The lowest BCUT2D eigenvalue weighted by atomic mass is 9.90. The van der Waals surface area contributed by atoms with E-state index in [2.05, 4.69) is 80.4 Å². The molecule has 82 heavy (non-hydrogen) atoms. The van der Waals surface area contributed by atoms with Gasteiger partial charge in [0.2, 0.25) is 11.8 Å². The zero-order chi connectivity index (χ0) is 58.4. The zero-order valence-corrected chi connectivity index (χ0v) is 48.6. The standard InChI is InChI=1S/2C31H36Cl2N6O2/c32-23-13-14-27(33)25(18-23)29(40)37-19-24-15-17-39(30(41)28(38-24)12-7-16-36-31(34)35)20-26(21-8-3-1-4-9-21)22-10-5-2-6-11-22;32-23-13-14-25(27(33)18-23)29(40)37-19-24-15-17-39(30(41)28(38-24)12-7-16-36-31(34)35)20-26(21-8-3-1-4-9-21)22-10-5-2-6-11-22/h2*1-6,8-11,13-14,18,24,26,28,38H,7,12,15-17,19-20H2,(H,37,40)(H4,34,35,36)/t2*24-,28-/m00/s1. The molecule has 2 saturated heterocycles. The van der Waals surface area contributed by atoms with Crippen LogP contribution in [-0.2, 0) is 9.59 Å². The molecule has 0 bridgehead atoms. The molecule has 0 aliphatic carbocycles. The third-order valence-electron chi connectivity index (χ3n) is 14.5. The highest BCUT2D eigenvalue weighted by atomic mass is 35.5. The van der Waals surface area contributed by atoms with Gasteiger partial charge >= 0.3 is 0 Å². The Hall–Kier alpha value is -7.18. The number of guanidine groups is 2. The van der Waals surface area contributed by atoms with Gasteiger partial charge < -0.3 is 53.2 Å². The molecule has 4 atom stereocenters. The van der Waals surface area contributed by atoms with E-state index in [1.165, 1.54) is 0 Å². The molecule has 2 aliphatic heterocycles. The second kappa shape index (κ2) is 31.9. The van der Waals surface area contributed by atoms with E-state index >= 15 is 0 Å². The monoisotopic (exact) mass is 1190 g/mol. The fourth-order valence-corrected chi connectivity index (χ4v) is 11.1. The molecule has 6 aromatic rings. The predicted octanol–water partition coefficient (Wildman–Crippen LogP) is 8.76. The second-order valence-corrected chi connectivity index (χ2v) is 22.0. The van der Waals surface area contributed by atoms with Crippen LogP contribution in [0.2, 0.25) is 20.1 Å². The second-order valence-electron chi connectivity index (χ2n) is 20.4. The minimum Gasteiger partial charge on any atom is -0.370 e. The highest BCUT2D eigenvalue weighted by molar-refractivity contribution is 6.37. The van der Waals surface area contributed by atoms with E-state index in [4.69, 9.17) is 68.7 Å². The van der Waals surface area contributed by atoms with E-state index in [1.807, 2.05) is 82.6 Å². The summed E-state index contributed by atoms with van der Waals surface area (Å²) in [7, 11) is 0.